The quantitative estimate of drug-likeness (QED) is 0.395. The summed E-state index contributed by atoms with van der Waals surface area (Å²) in [6.45, 7) is 1.45. The molecule has 3 aromatic carbocycles. The van der Waals surface area contributed by atoms with Crippen molar-refractivity contribution in [3.63, 3.8) is 0 Å². The summed E-state index contributed by atoms with van der Waals surface area (Å²) >= 11 is 0. The van der Waals surface area contributed by atoms with Crippen LogP contribution in [0.4, 0.5) is 0 Å². The van der Waals surface area contributed by atoms with Crippen LogP contribution >= 0.6 is 9.90 Å². The molecule has 122 valence electrons. The summed E-state index contributed by atoms with van der Waals surface area (Å²) in [4.78, 5) is 12.0. The van der Waals surface area contributed by atoms with Crippen LogP contribution in [0.3, 0.4) is 0 Å². The van der Waals surface area contributed by atoms with Gasteiger partial charge in [0.15, 0.2) is 5.60 Å². The Morgan fingerprint density at radius 3 is 1.21 bits per heavy atom. The van der Waals surface area contributed by atoms with Crippen molar-refractivity contribution < 1.29 is 9.53 Å². The highest BCUT2D eigenvalue weighted by atomic mass is 31.0. The second-order valence-corrected chi connectivity index (χ2v) is 5.37. The predicted octanol–water partition coefficient (Wildman–Crippen LogP) is 4.60. The third-order valence-corrected chi connectivity index (χ3v) is 3.84. The van der Waals surface area contributed by atoms with Crippen LogP contribution in [0.15, 0.2) is 91.0 Å². The Kier molecular flexibility index (Phi) is 5.89. The van der Waals surface area contributed by atoms with Crippen molar-refractivity contribution in [3.8, 4) is 0 Å². The maximum Gasteiger partial charge on any atom is 0.304 e. The van der Waals surface area contributed by atoms with Gasteiger partial charge in [0.05, 0.1) is 0 Å². The molecule has 0 heterocycles. The molecule has 3 rings (SSSR count). The van der Waals surface area contributed by atoms with Gasteiger partial charge >= 0.3 is 5.97 Å². The van der Waals surface area contributed by atoms with Gasteiger partial charge in [0.2, 0.25) is 0 Å². The Balaban J connectivity index is 0.00000208. The van der Waals surface area contributed by atoms with E-state index in [-0.39, 0.29) is 15.9 Å². The molecule has 3 heteroatoms. The van der Waals surface area contributed by atoms with E-state index in [9.17, 15) is 4.79 Å². The summed E-state index contributed by atoms with van der Waals surface area (Å²) in [6.07, 6.45) is 0. The van der Waals surface area contributed by atoms with Gasteiger partial charge in [-0.1, -0.05) is 91.0 Å². The van der Waals surface area contributed by atoms with Gasteiger partial charge in [-0.2, -0.15) is 9.90 Å². The van der Waals surface area contributed by atoms with Gasteiger partial charge < -0.3 is 4.74 Å². The molecule has 0 radical (unpaired) electrons. The number of carbonyl (C=O) groups excluding carboxylic acids is 1. The van der Waals surface area contributed by atoms with Crippen LogP contribution in [0.1, 0.15) is 23.6 Å². The van der Waals surface area contributed by atoms with E-state index in [0.717, 1.165) is 16.7 Å². The summed E-state index contributed by atoms with van der Waals surface area (Å²) in [5, 5.41) is 0. The Morgan fingerprint density at radius 2 is 0.958 bits per heavy atom. The SMILES string of the molecule is CC(=O)OC(c1ccccc1)(c1ccccc1)c1ccccc1.P. The minimum absolute atomic E-state index is 0. The first-order valence-corrected chi connectivity index (χ1v) is 7.59. The van der Waals surface area contributed by atoms with Crippen LogP contribution < -0.4 is 0 Å². The number of hydrogen-bond donors (Lipinski definition) is 0. The maximum absolute atomic E-state index is 12.0. The van der Waals surface area contributed by atoms with Crippen LogP contribution in [0, 0.1) is 0 Å². The van der Waals surface area contributed by atoms with E-state index in [1.807, 2.05) is 91.0 Å². The van der Waals surface area contributed by atoms with Crippen molar-refractivity contribution >= 4 is 15.9 Å². The van der Waals surface area contributed by atoms with Crippen LogP contribution in [0.2, 0.25) is 0 Å². The fraction of sp³-hybridized carbons (Fsp3) is 0.0952. The smallest absolute Gasteiger partial charge is 0.304 e. The van der Waals surface area contributed by atoms with E-state index in [1.54, 1.807) is 0 Å². The van der Waals surface area contributed by atoms with E-state index in [2.05, 4.69) is 0 Å². The Bertz CT molecular complexity index is 674. The predicted molar refractivity (Wildman–Crippen MR) is 102 cm³/mol. The van der Waals surface area contributed by atoms with Gasteiger partial charge in [-0.3, -0.25) is 4.79 Å². The normalized spacial score (nSPS) is 10.5. The molecular formula is C21H21O2P. The zero-order chi connectivity index (χ0) is 16.1. The number of hydrogen-bond acceptors (Lipinski definition) is 2. The Hall–Kier alpha value is -2.44. The minimum atomic E-state index is -0.949. The van der Waals surface area contributed by atoms with Gasteiger partial charge in [-0.05, 0) is 0 Å². The van der Waals surface area contributed by atoms with Gasteiger partial charge in [0.25, 0.3) is 0 Å². The number of rotatable bonds is 4. The molecule has 2 nitrogen and oxygen atoms in total. The summed E-state index contributed by atoms with van der Waals surface area (Å²) in [6, 6.07) is 29.6. The van der Waals surface area contributed by atoms with Crippen molar-refractivity contribution in [2.75, 3.05) is 0 Å². The van der Waals surface area contributed by atoms with Crippen molar-refractivity contribution in [3.05, 3.63) is 108 Å². The fourth-order valence-electron chi connectivity index (χ4n) is 2.91. The third-order valence-electron chi connectivity index (χ3n) is 3.84. The molecule has 1 unspecified atom stereocenters. The fourth-order valence-corrected chi connectivity index (χ4v) is 2.91. The first-order valence-electron chi connectivity index (χ1n) is 7.59. The average Bonchev–Trinajstić information content (AvgIpc) is 2.62. The molecule has 0 aromatic heterocycles. The molecule has 0 saturated carbocycles. The van der Waals surface area contributed by atoms with Gasteiger partial charge in [-0.15, -0.1) is 0 Å². The van der Waals surface area contributed by atoms with Gasteiger partial charge in [-0.25, -0.2) is 0 Å². The van der Waals surface area contributed by atoms with Crippen molar-refractivity contribution in [2.24, 2.45) is 0 Å². The summed E-state index contributed by atoms with van der Waals surface area (Å²) in [5.41, 5.74) is 1.82. The lowest BCUT2D eigenvalue weighted by Crippen LogP contribution is -2.34. The minimum Gasteiger partial charge on any atom is -0.444 e. The van der Waals surface area contributed by atoms with E-state index in [4.69, 9.17) is 4.74 Å². The lowest BCUT2D eigenvalue weighted by atomic mass is 9.80. The molecule has 0 aliphatic carbocycles. The number of esters is 1. The standard InChI is InChI=1S/C21H18O2.H3P/c1-17(22)23-21(18-11-5-2-6-12-18,19-13-7-3-8-14-19)20-15-9-4-10-16-20;/h2-16H,1H3;1H3. The number of benzene rings is 3. The summed E-state index contributed by atoms with van der Waals surface area (Å²) in [7, 11) is 0. The lowest BCUT2D eigenvalue weighted by molar-refractivity contribution is -0.150. The third kappa shape index (κ3) is 3.39. The molecule has 3 aromatic rings. The van der Waals surface area contributed by atoms with Crippen molar-refractivity contribution in [1.82, 2.24) is 0 Å². The highest BCUT2D eigenvalue weighted by Gasteiger charge is 2.39. The molecule has 0 aliphatic heterocycles. The van der Waals surface area contributed by atoms with Crippen molar-refractivity contribution in [2.45, 2.75) is 12.5 Å². The Morgan fingerprint density at radius 1 is 0.667 bits per heavy atom. The molecule has 0 aliphatic rings. The first kappa shape index (κ1) is 17.9. The highest BCUT2D eigenvalue weighted by molar-refractivity contribution is 6.92. The van der Waals surface area contributed by atoms with Gasteiger partial charge in [0.1, 0.15) is 0 Å². The zero-order valence-electron chi connectivity index (χ0n) is 13.7. The van der Waals surface area contributed by atoms with Gasteiger partial charge in [0, 0.05) is 23.6 Å². The van der Waals surface area contributed by atoms with Crippen LogP contribution in [-0.4, -0.2) is 5.97 Å². The molecule has 0 fully saturated rings. The van der Waals surface area contributed by atoms with E-state index in [0.29, 0.717) is 0 Å². The molecule has 0 bridgehead atoms. The largest absolute Gasteiger partial charge is 0.444 e. The van der Waals surface area contributed by atoms with Crippen molar-refractivity contribution in [1.29, 1.82) is 0 Å². The molecule has 0 saturated heterocycles. The number of carbonyl (C=O) groups is 1. The summed E-state index contributed by atoms with van der Waals surface area (Å²) < 4.78 is 5.96. The second kappa shape index (κ2) is 7.90. The molecule has 24 heavy (non-hydrogen) atoms. The monoisotopic (exact) mass is 336 g/mol. The Labute approximate surface area is 146 Å². The highest BCUT2D eigenvalue weighted by Crippen LogP contribution is 2.40. The van der Waals surface area contributed by atoms with E-state index in [1.165, 1.54) is 6.92 Å². The van der Waals surface area contributed by atoms with Crippen LogP contribution in [-0.2, 0) is 15.1 Å². The summed E-state index contributed by atoms with van der Waals surface area (Å²) in [5.74, 6) is -0.318. The topological polar surface area (TPSA) is 26.3 Å². The lowest BCUT2D eigenvalue weighted by Gasteiger charge is -2.34. The molecule has 0 amide bonds. The van der Waals surface area contributed by atoms with E-state index < -0.39 is 5.60 Å². The molecule has 1 atom stereocenters. The molecular weight excluding hydrogens is 315 g/mol. The average molecular weight is 336 g/mol. The molecule has 0 spiro atoms. The molecule has 0 N–H and O–H groups in total. The first-order chi connectivity index (χ1) is 11.2. The maximum atomic E-state index is 12.0. The van der Waals surface area contributed by atoms with Crippen LogP contribution in [0.5, 0.6) is 0 Å². The zero-order valence-corrected chi connectivity index (χ0v) is 15.1. The van der Waals surface area contributed by atoms with Crippen LogP contribution in [0.25, 0.3) is 0 Å². The van der Waals surface area contributed by atoms with E-state index >= 15 is 0 Å². The second-order valence-electron chi connectivity index (χ2n) is 5.37. The number of ether oxygens (including phenoxy) is 1.